The lowest BCUT2D eigenvalue weighted by Crippen LogP contribution is -2.06. The average Bonchev–Trinajstić information content (AvgIpc) is 3.66. The molecule has 8 aromatic carbocycles. The van der Waals surface area contributed by atoms with Gasteiger partial charge in [-0.1, -0.05) is 134 Å². The lowest BCUT2D eigenvalue weighted by Gasteiger charge is -2.23. The Hall–Kier alpha value is -7.68. The van der Waals surface area contributed by atoms with Crippen LogP contribution in [0.5, 0.6) is 0 Å². The third kappa shape index (κ3) is 5.66. The van der Waals surface area contributed by atoms with Crippen LogP contribution in [0.3, 0.4) is 0 Å². The molecule has 0 bridgehead atoms. The van der Waals surface area contributed by atoms with Crippen LogP contribution in [0.25, 0.3) is 106 Å². The van der Waals surface area contributed by atoms with Gasteiger partial charge >= 0.3 is 0 Å². The highest BCUT2D eigenvalue weighted by Gasteiger charge is 2.22. The van der Waals surface area contributed by atoms with Crippen LogP contribution in [0, 0.1) is 17.2 Å². The molecule has 0 fully saturated rings. The SMILES string of the molecule is CC1C=Cc2c(-c3ccc(-c4ccc5oc6ccc(C#N)cc6c5c4)cc3)cc3c(cc(-c4nc(-c5ccccc5)nc(-c5ccccc5)n4)c4ccccc43)c2C1. The highest BCUT2D eigenvalue weighted by Crippen LogP contribution is 2.44. The molecule has 1 atom stereocenters. The Labute approximate surface area is 335 Å². The third-order valence-electron chi connectivity index (χ3n) is 11.5. The number of allylic oxidation sites excluding steroid dienone is 1. The second-order valence-electron chi connectivity index (χ2n) is 15.2. The molecule has 2 aromatic heterocycles. The second kappa shape index (κ2) is 13.5. The Kier molecular flexibility index (Phi) is 7.84. The van der Waals surface area contributed by atoms with E-state index in [4.69, 9.17) is 19.4 Å². The normalized spacial score (nSPS) is 13.6. The van der Waals surface area contributed by atoms with E-state index >= 15 is 0 Å². The van der Waals surface area contributed by atoms with Crippen molar-refractivity contribution in [1.82, 2.24) is 15.0 Å². The van der Waals surface area contributed by atoms with Gasteiger partial charge in [0, 0.05) is 27.5 Å². The van der Waals surface area contributed by atoms with Crippen molar-refractivity contribution in [2.75, 3.05) is 0 Å². The van der Waals surface area contributed by atoms with E-state index in [1.165, 1.54) is 38.4 Å². The van der Waals surface area contributed by atoms with Gasteiger partial charge in [-0.3, -0.25) is 0 Å². The fourth-order valence-corrected chi connectivity index (χ4v) is 8.62. The minimum absolute atomic E-state index is 0.396. The number of hydrogen-bond acceptors (Lipinski definition) is 5. The molecule has 5 nitrogen and oxygen atoms in total. The first-order chi connectivity index (χ1) is 28.6. The summed E-state index contributed by atoms with van der Waals surface area (Å²) in [5.74, 6) is 2.35. The smallest absolute Gasteiger partial charge is 0.164 e. The maximum absolute atomic E-state index is 9.51. The van der Waals surface area contributed by atoms with Crippen LogP contribution in [-0.2, 0) is 6.42 Å². The van der Waals surface area contributed by atoms with Gasteiger partial charge in [0.15, 0.2) is 17.5 Å². The maximum atomic E-state index is 9.51. The van der Waals surface area contributed by atoms with Gasteiger partial charge in [0.05, 0.1) is 11.6 Å². The monoisotopic (exact) mass is 742 g/mol. The molecular formula is C53H34N4O. The van der Waals surface area contributed by atoms with Crippen molar-refractivity contribution < 1.29 is 4.42 Å². The van der Waals surface area contributed by atoms with Gasteiger partial charge < -0.3 is 4.42 Å². The molecule has 0 spiro atoms. The van der Waals surface area contributed by atoms with Gasteiger partial charge in [0.2, 0.25) is 0 Å². The lowest BCUT2D eigenvalue weighted by molar-refractivity contribution is 0.669. The van der Waals surface area contributed by atoms with E-state index in [0.717, 1.165) is 61.6 Å². The van der Waals surface area contributed by atoms with E-state index in [2.05, 4.69) is 122 Å². The summed E-state index contributed by atoms with van der Waals surface area (Å²) in [5, 5.41) is 16.2. The van der Waals surface area contributed by atoms with Crippen molar-refractivity contribution in [2.45, 2.75) is 13.3 Å². The molecule has 0 amide bonds. The molecule has 0 radical (unpaired) electrons. The van der Waals surface area contributed by atoms with Gasteiger partial charge in [0.1, 0.15) is 11.2 Å². The summed E-state index contributed by atoms with van der Waals surface area (Å²) in [4.78, 5) is 15.3. The number of furan rings is 1. The molecule has 5 heteroatoms. The Balaban J connectivity index is 1.07. The summed E-state index contributed by atoms with van der Waals surface area (Å²) < 4.78 is 6.10. The fourth-order valence-electron chi connectivity index (χ4n) is 8.62. The minimum atomic E-state index is 0.396. The van der Waals surface area contributed by atoms with Gasteiger partial charge in [0.25, 0.3) is 0 Å². The number of aromatic nitrogens is 3. The zero-order valence-electron chi connectivity index (χ0n) is 31.6. The predicted octanol–water partition coefficient (Wildman–Crippen LogP) is 13.5. The van der Waals surface area contributed by atoms with E-state index in [9.17, 15) is 5.26 Å². The van der Waals surface area contributed by atoms with E-state index in [0.29, 0.717) is 29.0 Å². The molecule has 58 heavy (non-hydrogen) atoms. The fraction of sp³-hybridized carbons (Fsp3) is 0.0566. The zero-order chi connectivity index (χ0) is 38.7. The average molecular weight is 743 g/mol. The summed E-state index contributed by atoms with van der Waals surface area (Å²) in [6.07, 6.45) is 5.58. The molecule has 11 rings (SSSR count). The molecule has 0 aliphatic heterocycles. The number of benzene rings is 8. The van der Waals surface area contributed by atoms with Crippen LogP contribution in [0.1, 0.15) is 23.6 Å². The second-order valence-corrected chi connectivity index (χ2v) is 15.2. The Morgan fingerprint density at radius 1 is 0.500 bits per heavy atom. The van der Waals surface area contributed by atoms with E-state index in [1.54, 1.807) is 6.07 Å². The quantitative estimate of drug-likeness (QED) is 0.164. The Bertz CT molecular complexity index is 3260. The summed E-state index contributed by atoms with van der Waals surface area (Å²) in [6, 6.07) is 56.7. The number of fused-ring (bicyclic) bond motifs is 8. The number of nitrogens with zero attached hydrogens (tertiary/aromatic N) is 4. The molecule has 1 unspecified atom stereocenters. The highest BCUT2D eigenvalue weighted by molar-refractivity contribution is 6.16. The van der Waals surface area contributed by atoms with Crippen LogP contribution in [0.15, 0.2) is 168 Å². The van der Waals surface area contributed by atoms with Crippen LogP contribution >= 0.6 is 0 Å². The predicted molar refractivity (Wildman–Crippen MR) is 236 cm³/mol. The summed E-state index contributed by atoms with van der Waals surface area (Å²) in [7, 11) is 0. The first-order valence-electron chi connectivity index (χ1n) is 19.6. The van der Waals surface area contributed by atoms with Gasteiger partial charge in [-0.15, -0.1) is 0 Å². The molecule has 1 aliphatic rings. The van der Waals surface area contributed by atoms with E-state index in [1.807, 2.05) is 54.6 Å². The summed E-state index contributed by atoms with van der Waals surface area (Å²) in [5.41, 5.74) is 12.3. The van der Waals surface area contributed by atoms with E-state index in [-0.39, 0.29) is 0 Å². The summed E-state index contributed by atoms with van der Waals surface area (Å²) in [6.45, 7) is 2.29. The van der Waals surface area contributed by atoms with Gasteiger partial charge in [-0.05, 0) is 110 Å². The highest BCUT2D eigenvalue weighted by atomic mass is 16.3. The molecule has 0 saturated carbocycles. The Morgan fingerprint density at radius 2 is 1.09 bits per heavy atom. The lowest BCUT2D eigenvalue weighted by atomic mass is 9.81. The van der Waals surface area contributed by atoms with Crippen LogP contribution in [0.2, 0.25) is 0 Å². The maximum Gasteiger partial charge on any atom is 0.164 e. The van der Waals surface area contributed by atoms with Gasteiger partial charge in [-0.2, -0.15) is 5.26 Å². The van der Waals surface area contributed by atoms with Crippen molar-refractivity contribution >= 4 is 49.6 Å². The van der Waals surface area contributed by atoms with Crippen molar-refractivity contribution in [3.8, 4) is 62.5 Å². The first-order valence-corrected chi connectivity index (χ1v) is 19.6. The van der Waals surface area contributed by atoms with Crippen LogP contribution < -0.4 is 0 Å². The van der Waals surface area contributed by atoms with Gasteiger partial charge in [-0.25, -0.2) is 15.0 Å². The van der Waals surface area contributed by atoms with Crippen LogP contribution in [-0.4, -0.2) is 15.0 Å². The topological polar surface area (TPSA) is 75.6 Å². The molecule has 1 aliphatic carbocycles. The van der Waals surface area contributed by atoms with E-state index < -0.39 is 0 Å². The number of hydrogen-bond donors (Lipinski definition) is 0. The number of rotatable bonds is 5. The molecule has 0 saturated heterocycles. The van der Waals surface area contributed by atoms with Crippen molar-refractivity contribution in [1.29, 1.82) is 5.26 Å². The third-order valence-corrected chi connectivity index (χ3v) is 11.5. The molecule has 0 N–H and O–H groups in total. The number of nitriles is 1. The van der Waals surface area contributed by atoms with Crippen LogP contribution in [0.4, 0.5) is 0 Å². The molecule has 2 heterocycles. The largest absolute Gasteiger partial charge is 0.456 e. The standard InChI is InChI=1S/C53H34N4O/c1-32-16-23-41-42(35-20-18-34(19-21-35)38-22-25-50-47(28-38)46-27-33(31-54)17-24-49(46)58-50)29-44-39-14-8-9-15-40(39)48(30-45(44)43(41)26-32)53-56-51(36-10-4-2-5-11-36)55-52(57-53)37-12-6-3-7-13-37/h2-25,27-30,32H,26H2,1H3. The minimum Gasteiger partial charge on any atom is -0.456 e. The summed E-state index contributed by atoms with van der Waals surface area (Å²) >= 11 is 0. The molecular weight excluding hydrogens is 709 g/mol. The first kappa shape index (κ1) is 33.6. The molecule has 272 valence electrons. The van der Waals surface area contributed by atoms with Crippen molar-refractivity contribution in [3.05, 3.63) is 180 Å². The van der Waals surface area contributed by atoms with Crippen molar-refractivity contribution in [2.24, 2.45) is 5.92 Å². The van der Waals surface area contributed by atoms with Crippen molar-refractivity contribution in [3.63, 3.8) is 0 Å². The Morgan fingerprint density at radius 3 is 1.79 bits per heavy atom. The molecule has 10 aromatic rings. The zero-order valence-corrected chi connectivity index (χ0v) is 31.6.